The minimum atomic E-state index is -1.95. The highest BCUT2D eigenvalue weighted by Gasteiger charge is 2.51. The first-order valence-corrected chi connectivity index (χ1v) is 14.1. The third-order valence-corrected chi connectivity index (χ3v) is 8.67. The largest absolute Gasteiger partial charge is 0.388 e. The van der Waals surface area contributed by atoms with E-state index in [1.165, 1.54) is 4.90 Å². The number of halogens is 1. The van der Waals surface area contributed by atoms with Crippen molar-refractivity contribution in [2.75, 3.05) is 13.1 Å². The smallest absolute Gasteiger partial charge is 0.255 e. The molecule has 208 valence electrons. The Morgan fingerprint density at radius 1 is 1.25 bits per heavy atom. The van der Waals surface area contributed by atoms with E-state index in [4.69, 9.17) is 0 Å². The van der Waals surface area contributed by atoms with Crippen molar-refractivity contribution in [3.05, 3.63) is 75.3 Å². The maximum absolute atomic E-state index is 15.2. The highest BCUT2D eigenvalue weighted by atomic mass is 32.1. The molecule has 0 spiro atoms. The number of benzene rings is 1. The van der Waals surface area contributed by atoms with Gasteiger partial charge in [-0.05, 0) is 48.1 Å². The average Bonchev–Trinajstić information content (AvgIpc) is 3.58. The number of likely N-dealkylation sites (tertiary alicyclic amines) is 1. The Morgan fingerprint density at radius 2 is 2.00 bits per heavy atom. The molecule has 5 rings (SSSR count). The molecular weight excluding hydrogens is 531 g/mol. The monoisotopic (exact) mass is 562 g/mol. The first-order chi connectivity index (χ1) is 19.1. The fourth-order valence-corrected chi connectivity index (χ4v) is 6.34. The van der Waals surface area contributed by atoms with Gasteiger partial charge in [0.05, 0.1) is 28.2 Å². The molecule has 2 aromatic rings. The molecule has 3 heterocycles. The number of aromatic nitrogens is 1. The number of hydrogen-bond donors (Lipinski definition) is 2. The van der Waals surface area contributed by atoms with Crippen LogP contribution in [-0.4, -0.2) is 75.1 Å². The summed E-state index contributed by atoms with van der Waals surface area (Å²) < 4.78 is 15.2. The Kier molecular flexibility index (Phi) is 7.62. The standard InChI is InChI=1S/C30H31FN4O4S/c1-16(2)25(34-13-21-7-5-6-8-22(21)29(34)38)30(39)35-14-23(36)24(31)26(35)28(37)32-12-20-10-9-19(11-17(20)3)27-18(4)33-15-40-27/h7-11,15-16,23-26,36H,12-14H2,1-4H3,(H,32,37)/t23-,24-,25-,26-/m0/s1. The summed E-state index contributed by atoms with van der Waals surface area (Å²) in [4.78, 5) is 48.2. The number of nitrogens with zero attached hydrogens (tertiary/aromatic N) is 3. The van der Waals surface area contributed by atoms with Gasteiger partial charge in [-0.3, -0.25) is 14.4 Å². The van der Waals surface area contributed by atoms with Gasteiger partial charge < -0.3 is 20.2 Å². The quantitative estimate of drug-likeness (QED) is 0.506. The molecule has 2 N–H and O–H groups in total. The van der Waals surface area contributed by atoms with Crippen LogP contribution in [0.5, 0.6) is 0 Å². The van der Waals surface area contributed by atoms with E-state index in [1.807, 2.05) is 32.0 Å². The van der Waals surface area contributed by atoms with Gasteiger partial charge in [0.25, 0.3) is 5.91 Å². The number of nitrogens with one attached hydrogen (secondary N) is 1. The van der Waals surface area contributed by atoms with Gasteiger partial charge in [-0.25, -0.2) is 9.37 Å². The van der Waals surface area contributed by atoms with Crippen molar-refractivity contribution in [2.24, 2.45) is 5.92 Å². The lowest BCUT2D eigenvalue weighted by Crippen LogP contribution is -2.57. The van der Waals surface area contributed by atoms with Crippen molar-refractivity contribution >= 4 is 29.1 Å². The Bertz CT molecular complexity index is 1520. The van der Waals surface area contributed by atoms with E-state index in [2.05, 4.69) is 21.8 Å². The Morgan fingerprint density at radius 3 is 2.65 bits per heavy atom. The number of carbonyl (C=O) groups is 3. The Balaban J connectivity index is 1.32. The summed E-state index contributed by atoms with van der Waals surface area (Å²) in [6.07, 6.45) is -0.257. The van der Waals surface area contributed by atoms with Gasteiger partial charge >= 0.3 is 0 Å². The molecule has 1 saturated heterocycles. The fourth-order valence-electron chi connectivity index (χ4n) is 5.54. The summed E-state index contributed by atoms with van der Waals surface area (Å²) in [6, 6.07) is 3.44. The molecule has 0 saturated carbocycles. The van der Waals surface area contributed by atoms with Crippen molar-refractivity contribution in [1.82, 2.24) is 20.1 Å². The van der Waals surface area contributed by atoms with Crippen LogP contribution in [0.3, 0.4) is 0 Å². The molecule has 3 amide bonds. The second-order valence-corrected chi connectivity index (χ2v) is 11.6. The molecule has 0 radical (unpaired) electrons. The molecule has 40 heavy (non-hydrogen) atoms. The van der Waals surface area contributed by atoms with Crippen LogP contribution in [-0.2, 0) is 20.9 Å². The van der Waals surface area contributed by atoms with E-state index in [0.29, 0.717) is 5.57 Å². The number of alkyl halides is 1. The SMILES string of the molecule is Cc1cc(-c2scnc2C)ccc1CNC(=O)[C@@H]1[C@@H](F)[C@@H](O)CN1C(=O)[C@H](C(C)C)N1CC2=C(C=C=C=C2)C1=O. The Hall–Kier alpha value is -3.81. The zero-order valence-corrected chi connectivity index (χ0v) is 23.6. The maximum atomic E-state index is 15.2. The number of β-amino-alcohol motifs (C(OH)–C–C–N with tert-alkyl or cyclic N) is 1. The van der Waals surface area contributed by atoms with Crippen LogP contribution in [0.4, 0.5) is 4.39 Å². The number of thiazole rings is 1. The molecule has 0 bridgehead atoms. The number of aryl methyl sites for hydroxylation is 2. The summed E-state index contributed by atoms with van der Waals surface area (Å²) in [7, 11) is 0. The predicted octanol–water partition coefficient (Wildman–Crippen LogP) is 3.00. The molecule has 4 atom stereocenters. The number of amides is 3. The van der Waals surface area contributed by atoms with Crippen molar-refractivity contribution in [3.8, 4) is 10.4 Å². The highest BCUT2D eigenvalue weighted by molar-refractivity contribution is 7.13. The van der Waals surface area contributed by atoms with Crippen LogP contribution in [0.1, 0.15) is 30.7 Å². The summed E-state index contributed by atoms with van der Waals surface area (Å²) in [5.41, 5.74) is 12.3. The van der Waals surface area contributed by atoms with E-state index >= 15 is 4.39 Å². The maximum Gasteiger partial charge on any atom is 0.255 e. The number of rotatable bonds is 7. The van der Waals surface area contributed by atoms with Crippen LogP contribution in [0.15, 0.2) is 58.5 Å². The molecule has 3 aliphatic rings. The molecule has 2 aliphatic heterocycles. The van der Waals surface area contributed by atoms with Gasteiger partial charge in [-0.15, -0.1) is 11.3 Å². The molecule has 8 nitrogen and oxygen atoms in total. The second kappa shape index (κ2) is 11.0. The van der Waals surface area contributed by atoms with Gasteiger partial charge in [0, 0.05) is 19.2 Å². The lowest BCUT2D eigenvalue weighted by molar-refractivity contribution is -0.148. The number of hydrogen-bond acceptors (Lipinski definition) is 6. The average molecular weight is 563 g/mol. The minimum Gasteiger partial charge on any atom is -0.388 e. The molecule has 1 aliphatic carbocycles. The lowest BCUT2D eigenvalue weighted by atomic mass is 10.00. The minimum absolute atomic E-state index is 0.133. The zero-order chi connectivity index (χ0) is 28.7. The summed E-state index contributed by atoms with van der Waals surface area (Å²) >= 11 is 1.55. The highest BCUT2D eigenvalue weighted by Crippen LogP contribution is 2.31. The van der Waals surface area contributed by atoms with Crippen molar-refractivity contribution in [1.29, 1.82) is 0 Å². The molecule has 10 heteroatoms. The molecular formula is C30H31FN4O4S. The molecule has 1 aromatic carbocycles. The van der Waals surface area contributed by atoms with Crippen LogP contribution >= 0.6 is 11.3 Å². The lowest BCUT2D eigenvalue weighted by Gasteiger charge is -2.35. The summed E-state index contributed by atoms with van der Waals surface area (Å²) in [5, 5.41) is 13.1. The van der Waals surface area contributed by atoms with Crippen LogP contribution in [0.25, 0.3) is 10.4 Å². The first kappa shape index (κ1) is 27.7. The third-order valence-electron chi connectivity index (χ3n) is 7.69. The normalized spacial score (nSPS) is 22.5. The summed E-state index contributed by atoms with van der Waals surface area (Å²) in [6.45, 7) is 7.48. The van der Waals surface area contributed by atoms with Crippen molar-refractivity contribution < 1.29 is 23.9 Å². The fraction of sp³-hybridized carbons (Fsp3) is 0.400. The van der Waals surface area contributed by atoms with Crippen molar-refractivity contribution in [2.45, 2.75) is 58.6 Å². The van der Waals surface area contributed by atoms with Gasteiger partial charge in [0.1, 0.15) is 18.2 Å². The number of aliphatic hydroxyl groups excluding tert-OH is 1. The van der Waals surface area contributed by atoms with E-state index in [9.17, 15) is 19.5 Å². The van der Waals surface area contributed by atoms with Crippen LogP contribution in [0.2, 0.25) is 0 Å². The van der Waals surface area contributed by atoms with Crippen molar-refractivity contribution in [3.63, 3.8) is 0 Å². The zero-order valence-electron chi connectivity index (χ0n) is 22.8. The molecule has 1 aromatic heterocycles. The van der Waals surface area contributed by atoms with Gasteiger partial charge in [0.2, 0.25) is 11.8 Å². The van der Waals surface area contributed by atoms with Crippen LogP contribution < -0.4 is 5.32 Å². The van der Waals surface area contributed by atoms with E-state index in [0.717, 1.165) is 37.7 Å². The van der Waals surface area contributed by atoms with Gasteiger partial charge in [0.15, 0.2) is 6.17 Å². The molecule has 1 fully saturated rings. The van der Waals surface area contributed by atoms with Gasteiger partial charge in [-0.2, -0.15) is 0 Å². The number of aliphatic hydroxyl groups is 1. The van der Waals surface area contributed by atoms with E-state index in [-0.39, 0.29) is 31.5 Å². The number of carbonyl (C=O) groups excluding carboxylic acids is 3. The summed E-state index contributed by atoms with van der Waals surface area (Å²) in [5.74, 6) is -1.90. The van der Waals surface area contributed by atoms with E-state index in [1.54, 1.807) is 42.8 Å². The van der Waals surface area contributed by atoms with Gasteiger partial charge in [-0.1, -0.05) is 43.5 Å². The predicted molar refractivity (Wildman–Crippen MR) is 149 cm³/mol. The third kappa shape index (κ3) is 4.95. The topological polar surface area (TPSA) is 103 Å². The molecule has 0 unspecified atom stereocenters. The first-order valence-electron chi connectivity index (χ1n) is 13.2. The Labute approximate surface area is 236 Å². The van der Waals surface area contributed by atoms with Crippen LogP contribution in [0, 0.1) is 19.8 Å². The second-order valence-electron chi connectivity index (χ2n) is 10.7. The van der Waals surface area contributed by atoms with E-state index < -0.39 is 36.2 Å².